The largest absolute Gasteiger partial charge is 0.354 e. The van der Waals surface area contributed by atoms with Gasteiger partial charge in [-0.25, -0.2) is 4.39 Å². The predicted molar refractivity (Wildman–Crippen MR) is 126 cm³/mol. The Hall–Kier alpha value is -4.08. The maximum absolute atomic E-state index is 13.2. The first-order chi connectivity index (χ1) is 16.9. The Morgan fingerprint density at radius 3 is 2.69 bits per heavy atom. The minimum Gasteiger partial charge on any atom is -0.354 e. The van der Waals surface area contributed by atoms with E-state index in [9.17, 15) is 18.8 Å². The Kier molecular flexibility index (Phi) is 7.49. The molecule has 0 radical (unpaired) electrons. The first kappa shape index (κ1) is 24.1. The van der Waals surface area contributed by atoms with Crippen molar-refractivity contribution >= 4 is 17.7 Å². The van der Waals surface area contributed by atoms with Gasteiger partial charge in [-0.1, -0.05) is 18.2 Å². The third-order valence-electron chi connectivity index (χ3n) is 5.75. The van der Waals surface area contributed by atoms with Crippen LogP contribution in [0.5, 0.6) is 0 Å². The molecule has 35 heavy (non-hydrogen) atoms. The molecule has 3 amide bonds. The summed E-state index contributed by atoms with van der Waals surface area (Å²) in [6.07, 6.45) is 2.94. The summed E-state index contributed by atoms with van der Waals surface area (Å²) in [5.41, 5.74) is 2.06. The molecule has 0 spiro atoms. The SMILES string of the molecule is CC(NC(=O)c1cc2n(n1)CCCN(Cc1ccc(F)cc1)C2=O)C(=O)NCCc1ccccn1. The van der Waals surface area contributed by atoms with Crippen molar-refractivity contribution < 1.29 is 18.8 Å². The zero-order valence-corrected chi connectivity index (χ0v) is 19.4. The number of aromatic nitrogens is 3. The van der Waals surface area contributed by atoms with E-state index in [0.29, 0.717) is 44.7 Å². The number of carbonyl (C=O) groups is 3. The number of amides is 3. The van der Waals surface area contributed by atoms with Gasteiger partial charge in [-0.05, 0) is 43.2 Å². The minimum atomic E-state index is -0.779. The van der Waals surface area contributed by atoms with Gasteiger partial charge in [-0.3, -0.25) is 24.0 Å². The highest BCUT2D eigenvalue weighted by atomic mass is 19.1. The molecule has 10 heteroatoms. The lowest BCUT2D eigenvalue weighted by molar-refractivity contribution is -0.122. The molecule has 1 aliphatic rings. The van der Waals surface area contributed by atoms with Crippen molar-refractivity contribution in [1.82, 2.24) is 30.3 Å². The zero-order chi connectivity index (χ0) is 24.8. The number of nitrogens with one attached hydrogen (secondary N) is 2. The number of halogens is 1. The van der Waals surface area contributed by atoms with E-state index < -0.39 is 11.9 Å². The van der Waals surface area contributed by atoms with Crippen LogP contribution in [0.2, 0.25) is 0 Å². The summed E-state index contributed by atoms with van der Waals surface area (Å²) in [6.45, 7) is 3.33. The van der Waals surface area contributed by atoms with Gasteiger partial charge in [-0.15, -0.1) is 0 Å². The van der Waals surface area contributed by atoms with Crippen LogP contribution in [0.4, 0.5) is 4.39 Å². The number of nitrogens with zero attached hydrogens (tertiary/aromatic N) is 4. The molecule has 1 aromatic carbocycles. The standard InChI is InChI=1S/C25H27FN6O3/c1-17(23(33)28-12-10-20-5-2-3-11-27-20)29-24(34)21-15-22-25(35)31(13-4-14-32(22)30-21)16-18-6-8-19(26)9-7-18/h2-3,5-9,11,15,17H,4,10,12-14,16H2,1H3,(H,28,33)(H,29,34). The highest BCUT2D eigenvalue weighted by Gasteiger charge is 2.27. The van der Waals surface area contributed by atoms with E-state index >= 15 is 0 Å². The van der Waals surface area contributed by atoms with E-state index in [0.717, 1.165) is 11.3 Å². The molecule has 4 rings (SSSR count). The molecule has 0 saturated carbocycles. The Morgan fingerprint density at radius 1 is 1.14 bits per heavy atom. The molecule has 1 atom stereocenters. The first-order valence-corrected chi connectivity index (χ1v) is 11.5. The average Bonchev–Trinajstić information content (AvgIpc) is 3.23. The maximum atomic E-state index is 13.2. The fraction of sp³-hybridized carbons (Fsp3) is 0.320. The van der Waals surface area contributed by atoms with E-state index in [-0.39, 0.29) is 23.3 Å². The van der Waals surface area contributed by atoms with E-state index in [1.54, 1.807) is 30.2 Å². The molecule has 3 heterocycles. The summed E-state index contributed by atoms with van der Waals surface area (Å²) in [4.78, 5) is 44.1. The average molecular weight is 479 g/mol. The molecule has 2 aromatic heterocycles. The molecule has 9 nitrogen and oxygen atoms in total. The molecule has 3 aromatic rings. The highest BCUT2D eigenvalue weighted by Crippen LogP contribution is 2.17. The van der Waals surface area contributed by atoms with Crippen molar-refractivity contribution in [2.75, 3.05) is 13.1 Å². The fourth-order valence-corrected chi connectivity index (χ4v) is 3.86. The van der Waals surface area contributed by atoms with Gasteiger partial charge in [0.1, 0.15) is 17.6 Å². The third kappa shape index (κ3) is 6.08. The monoisotopic (exact) mass is 478 g/mol. The predicted octanol–water partition coefficient (Wildman–Crippen LogP) is 1.94. The molecule has 0 saturated heterocycles. The van der Waals surface area contributed by atoms with Crippen LogP contribution in [0.1, 0.15) is 45.6 Å². The summed E-state index contributed by atoms with van der Waals surface area (Å²) >= 11 is 0. The van der Waals surface area contributed by atoms with Crippen molar-refractivity contribution in [2.45, 2.75) is 38.9 Å². The molecule has 1 unspecified atom stereocenters. The van der Waals surface area contributed by atoms with Gasteiger partial charge in [0.15, 0.2) is 5.69 Å². The number of pyridine rings is 1. The lowest BCUT2D eigenvalue weighted by atomic mass is 10.2. The lowest BCUT2D eigenvalue weighted by Crippen LogP contribution is -2.45. The molecule has 182 valence electrons. The van der Waals surface area contributed by atoms with Crippen LogP contribution >= 0.6 is 0 Å². The summed E-state index contributed by atoms with van der Waals surface area (Å²) in [7, 11) is 0. The quantitative estimate of drug-likeness (QED) is 0.514. The maximum Gasteiger partial charge on any atom is 0.272 e. The van der Waals surface area contributed by atoms with Gasteiger partial charge in [0, 0.05) is 50.6 Å². The molecule has 0 bridgehead atoms. The van der Waals surface area contributed by atoms with Crippen LogP contribution in [0.3, 0.4) is 0 Å². The Balaban J connectivity index is 1.34. The Morgan fingerprint density at radius 2 is 1.94 bits per heavy atom. The topological polar surface area (TPSA) is 109 Å². The second kappa shape index (κ2) is 10.9. The number of aryl methyl sites for hydroxylation is 1. The van der Waals surface area contributed by atoms with E-state index in [2.05, 4.69) is 20.7 Å². The molecular weight excluding hydrogens is 451 g/mol. The Bertz CT molecular complexity index is 1200. The van der Waals surface area contributed by atoms with Gasteiger partial charge in [0.2, 0.25) is 5.91 Å². The van der Waals surface area contributed by atoms with Crippen LogP contribution < -0.4 is 10.6 Å². The summed E-state index contributed by atoms with van der Waals surface area (Å²) in [5, 5.41) is 9.71. The van der Waals surface area contributed by atoms with Gasteiger partial charge in [0.05, 0.1) is 0 Å². The number of hydrogen-bond acceptors (Lipinski definition) is 5. The second-order valence-electron chi connectivity index (χ2n) is 8.40. The fourth-order valence-electron chi connectivity index (χ4n) is 3.86. The number of benzene rings is 1. The van der Waals surface area contributed by atoms with Crippen LogP contribution in [0, 0.1) is 5.82 Å². The molecular formula is C25H27FN6O3. The van der Waals surface area contributed by atoms with E-state index in [1.807, 2.05) is 18.2 Å². The van der Waals surface area contributed by atoms with Gasteiger partial charge >= 0.3 is 0 Å². The van der Waals surface area contributed by atoms with Crippen LogP contribution in [0.15, 0.2) is 54.7 Å². The Labute approximate surface area is 202 Å². The second-order valence-corrected chi connectivity index (χ2v) is 8.40. The van der Waals surface area contributed by atoms with Crippen molar-refractivity contribution in [3.8, 4) is 0 Å². The zero-order valence-electron chi connectivity index (χ0n) is 19.4. The summed E-state index contributed by atoms with van der Waals surface area (Å²) < 4.78 is 14.7. The normalized spacial score (nSPS) is 14.1. The van der Waals surface area contributed by atoms with Crippen molar-refractivity contribution in [3.05, 3.63) is 83.2 Å². The number of fused-ring (bicyclic) bond motifs is 1. The molecule has 0 aliphatic carbocycles. The highest BCUT2D eigenvalue weighted by molar-refractivity contribution is 5.99. The minimum absolute atomic E-state index is 0.0742. The summed E-state index contributed by atoms with van der Waals surface area (Å²) in [6, 6.07) is 12.3. The lowest BCUT2D eigenvalue weighted by Gasteiger charge is -2.20. The van der Waals surface area contributed by atoms with Crippen LogP contribution in [-0.4, -0.2) is 56.5 Å². The summed E-state index contributed by atoms with van der Waals surface area (Å²) in [5.74, 6) is -1.44. The number of carbonyl (C=O) groups excluding carboxylic acids is 3. The number of hydrogen-bond donors (Lipinski definition) is 2. The molecule has 1 aliphatic heterocycles. The first-order valence-electron chi connectivity index (χ1n) is 11.5. The van der Waals surface area contributed by atoms with E-state index in [1.165, 1.54) is 22.9 Å². The van der Waals surface area contributed by atoms with Gasteiger partial charge in [-0.2, -0.15) is 5.10 Å². The molecule has 2 N–H and O–H groups in total. The van der Waals surface area contributed by atoms with Crippen molar-refractivity contribution in [1.29, 1.82) is 0 Å². The smallest absolute Gasteiger partial charge is 0.272 e. The van der Waals surface area contributed by atoms with E-state index in [4.69, 9.17) is 0 Å². The van der Waals surface area contributed by atoms with Gasteiger partial charge < -0.3 is 15.5 Å². The van der Waals surface area contributed by atoms with Crippen molar-refractivity contribution in [3.63, 3.8) is 0 Å². The van der Waals surface area contributed by atoms with Gasteiger partial charge in [0.25, 0.3) is 11.8 Å². The van der Waals surface area contributed by atoms with Crippen molar-refractivity contribution in [2.24, 2.45) is 0 Å². The van der Waals surface area contributed by atoms with Crippen LogP contribution in [0.25, 0.3) is 0 Å². The number of rotatable bonds is 8. The third-order valence-corrected chi connectivity index (χ3v) is 5.75. The molecule has 0 fully saturated rings. The van der Waals surface area contributed by atoms with Crippen LogP contribution in [-0.2, 0) is 24.3 Å².